The number of rotatable bonds is 5. The largest absolute Gasteiger partial charge is 0.507 e. The summed E-state index contributed by atoms with van der Waals surface area (Å²) in [5.41, 5.74) is 1.03. The molecule has 0 spiro atoms. The fourth-order valence-electron chi connectivity index (χ4n) is 3.96. The molecule has 0 radical (unpaired) electrons. The third-order valence-electron chi connectivity index (χ3n) is 5.01. The van der Waals surface area contributed by atoms with Crippen LogP contribution in [0.2, 0.25) is 0 Å². The lowest BCUT2D eigenvalue weighted by molar-refractivity contribution is 0.105. The van der Waals surface area contributed by atoms with Gasteiger partial charge in [0.1, 0.15) is 11.5 Å². The lowest BCUT2D eigenvalue weighted by atomic mass is 9.91. The van der Waals surface area contributed by atoms with E-state index in [1.165, 1.54) is 38.6 Å². The quantitative estimate of drug-likeness (QED) is 0.891. The molecule has 1 aromatic rings. The van der Waals surface area contributed by atoms with Crippen molar-refractivity contribution in [1.29, 1.82) is 0 Å². The predicted octanol–water partition coefficient (Wildman–Crippen LogP) is 3.95. The summed E-state index contributed by atoms with van der Waals surface area (Å²) < 4.78 is 5.58. The average Bonchev–Trinajstić information content (AvgIpc) is 2.97. The molecule has 1 aliphatic heterocycles. The Balaban J connectivity index is 1.66. The minimum atomic E-state index is 0.378. The van der Waals surface area contributed by atoms with Gasteiger partial charge in [-0.05, 0) is 50.6 Å². The van der Waals surface area contributed by atoms with Gasteiger partial charge in [0.15, 0.2) is 0 Å². The number of hydrogen-bond donors (Lipinski definition) is 1. The number of aromatic hydroxyl groups is 1. The van der Waals surface area contributed by atoms with Gasteiger partial charge in [-0.2, -0.15) is 0 Å². The average molecular weight is 289 g/mol. The van der Waals surface area contributed by atoms with Crippen LogP contribution in [0, 0.1) is 5.92 Å². The van der Waals surface area contributed by atoms with Crippen molar-refractivity contribution in [2.24, 2.45) is 5.92 Å². The van der Waals surface area contributed by atoms with Crippen LogP contribution in [-0.4, -0.2) is 29.2 Å². The minimum Gasteiger partial charge on any atom is -0.507 e. The molecule has 1 aromatic carbocycles. The molecule has 2 fully saturated rings. The zero-order valence-electron chi connectivity index (χ0n) is 13.1. The van der Waals surface area contributed by atoms with Crippen LogP contribution in [-0.2, 0) is 6.54 Å². The van der Waals surface area contributed by atoms with Crippen LogP contribution in [0.1, 0.15) is 51.0 Å². The third kappa shape index (κ3) is 3.34. The van der Waals surface area contributed by atoms with Gasteiger partial charge in [-0.15, -0.1) is 0 Å². The van der Waals surface area contributed by atoms with Crippen LogP contribution in [0.3, 0.4) is 0 Å². The Morgan fingerprint density at radius 3 is 2.90 bits per heavy atom. The van der Waals surface area contributed by atoms with Gasteiger partial charge in [-0.25, -0.2) is 0 Å². The minimum absolute atomic E-state index is 0.378. The first-order valence-corrected chi connectivity index (χ1v) is 8.46. The van der Waals surface area contributed by atoms with Gasteiger partial charge in [-0.1, -0.05) is 19.4 Å². The number of phenols is 1. The number of likely N-dealkylation sites (tertiary alicyclic amines) is 1. The first-order chi connectivity index (χ1) is 10.3. The Kier molecular flexibility index (Phi) is 4.69. The van der Waals surface area contributed by atoms with E-state index in [0.29, 0.717) is 12.4 Å². The van der Waals surface area contributed by atoms with Crippen molar-refractivity contribution in [3.8, 4) is 11.5 Å². The van der Waals surface area contributed by atoms with Gasteiger partial charge in [-0.3, -0.25) is 4.90 Å². The summed E-state index contributed by atoms with van der Waals surface area (Å²) in [6.07, 6.45) is 7.80. The molecule has 116 valence electrons. The fourth-order valence-corrected chi connectivity index (χ4v) is 3.96. The van der Waals surface area contributed by atoms with E-state index in [9.17, 15) is 5.11 Å². The van der Waals surface area contributed by atoms with Gasteiger partial charge in [0.05, 0.1) is 6.61 Å². The molecule has 2 aliphatic rings. The van der Waals surface area contributed by atoms with E-state index in [1.54, 1.807) is 6.07 Å². The number of nitrogens with zero attached hydrogens (tertiary/aromatic N) is 1. The highest BCUT2D eigenvalue weighted by molar-refractivity contribution is 5.39. The summed E-state index contributed by atoms with van der Waals surface area (Å²) in [6.45, 7) is 4.84. The smallest absolute Gasteiger partial charge is 0.123 e. The monoisotopic (exact) mass is 289 g/mol. The van der Waals surface area contributed by atoms with Crippen molar-refractivity contribution in [3.63, 3.8) is 0 Å². The standard InChI is InChI=1S/C18H27NO2/c1-2-11-21-16-9-8-15(18(20)12-16)13-19-10-4-6-14-5-3-7-17(14)19/h8-9,12,14,17,20H,2-7,10-11,13H2,1H3. The first-order valence-electron chi connectivity index (χ1n) is 8.46. The molecule has 3 rings (SSSR count). The molecule has 1 saturated carbocycles. The summed E-state index contributed by atoms with van der Waals surface area (Å²) in [5, 5.41) is 10.3. The highest BCUT2D eigenvalue weighted by atomic mass is 16.5. The number of hydrogen-bond acceptors (Lipinski definition) is 3. The van der Waals surface area contributed by atoms with Crippen LogP contribution >= 0.6 is 0 Å². The molecule has 2 unspecified atom stereocenters. The van der Waals surface area contributed by atoms with Crippen LogP contribution in [0.4, 0.5) is 0 Å². The second kappa shape index (κ2) is 6.69. The summed E-state index contributed by atoms with van der Waals surface area (Å²) >= 11 is 0. The van der Waals surface area contributed by atoms with Crippen molar-refractivity contribution >= 4 is 0 Å². The lowest BCUT2D eigenvalue weighted by Gasteiger charge is -2.37. The topological polar surface area (TPSA) is 32.7 Å². The van der Waals surface area contributed by atoms with Crippen LogP contribution in [0.5, 0.6) is 11.5 Å². The molecule has 3 nitrogen and oxygen atoms in total. The summed E-state index contributed by atoms with van der Waals surface area (Å²) in [6, 6.07) is 6.52. The fraction of sp³-hybridized carbons (Fsp3) is 0.667. The SMILES string of the molecule is CCCOc1ccc(CN2CCCC3CCCC32)c(O)c1. The predicted molar refractivity (Wildman–Crippen MR) is 84.7 cm³/mol. The number of piperidine rings is 1. The van der Waals surface area contributed by atoms with Crippen LogP contribution in [0.25, 0.3) is 0 Å². The van der Waals surface area contributed by atoms with E-state index in [0.717, 1.165) is 36.2 Å². The van der Waals surface area contributed by atoms with E-state index >= 15 is 0 Å². The molecule has 1 aliphatic carbocycles. The maximum absolute atomic E-state index is 10.3. The zero-order chi connectivity index (χ0) is 14.7. The molecule has 21 heavy (non-hydrogen) atoms. The zero-order valence-corrected chi connectivity index (χ0v) is 13.1. The Morgan fingerprint density at radius 2 is 2.10 bits per heavy atom. The highest BCUT2D eigenvalue weighted by Gasteiger charge is 2.34. The molecule has 1 N–H and O–H groups in total. The number of ether oxygens (including phenoxy) is 1. The summed E-state index contributed by atoms with van der Waals surface area (Å²) in [5.74, 6) is 2.05. The molecule has 1 heterocycles. The van der Waals surface area contributed by atoms with E-state index in [1.807, 2.05) is 12.1 Å². The normalized spacial score (nSPS) is 25.8. The maximum Gasteiger partial charge on any atom is 0.123 e. The molecule has 0 bridgehead atoms. The summed E-state index contributed by atoms with van der Waals surface area (Å²) in [7, 11) is 0. The molecular formula is C18H27NO2. The van der Waals surface area contributed by atoms with Gasteiger partial charge in [0, 0.05) is 24.2 Å². The van der Waals surface area contributed by atoms with Crippen molar-refractivity contribution in [3.05, 3.63) is 23.8 Å². The van der Waals surface area contributed by atoms with E-state index in [2.05, 4.69) is 11.8 Å². The second-order valence-electron chi connectivity index (χ2n) is 6.51. The second-order valence-corrected chi connectivity index (χ2v) is 6.51. The first kappa shape index (κ1) is 14.7. The molecule has 0 amide bonds. The highest BCUT2D eigenvalue weighted by Crippen LogP contribution is 2.38. The van der Waals surface area contributed by atoms with E-state index in [4.69, 9.17) is 4.74 Å². The van der Waals surface area contributed by atoms with Crippen LogP contribution < -0.4 is 4.74 Å². The lowest BCUT2D eigenvalue weighted by Crippen LogP contribution is -2.41. The van der Waals surface area contributed by atoms with Crippen molar-refractivity contribution < 1.29 is 9.84 Å². The molecule has 1 saturated heterocycles. The number of fused-ring (bicyclic) bond motifs is 1. The Morgan fingerprint density at radius 1 is 1.24 bits per heavy atom. The number of phenolic OH excluding ortho intramolecular Hbond substituents is 1. The van der Waals surface area contributed by atoms with Crippen molar-refractivity contribution in [2.45, 2.75) is 58.0 Å². The number of benzene rings is 1. The Labute approximate surface area is 127 Å². The molecule has 0 aromatic heterocycles. The third-order valence-corrected chi connectivity index (χ3v) is 5.01. The molecular weight excluding hydrogens is 262 g/mol. The maximum atomic E-state index is 10.3. The van der Waals surface area contributed by atoms with E-state index in [-0.39, 0.29) is 0 Å². The van der Waals surface area contributed by atoms with E-state index < -0.39 is 0 Å². The summed E-state index contributed by atoms with van der Waals surface area (Å²) in [4.78, 5) is 2.59. The molecule has 3 heteroatoms. The van der Waals surface area contributed by atoms with Crippen molar-refractivity contribution in [1.82, 2.24) is 4.90 Å². The van der Waals surface area contributed by atoms with Gasteiger partial charge in [0.25, 0.3) is 0 Å². The molecule has 2 atom stereocenters. The van der Waals surface area contributed by atoms with Gasteiger partial charge < -0.3 is 9.84 Å². The van der Waals surface area contributed by atoms with Gasteiger partial charge in [0.2, 0.25) is 0 Å². The van der Waals surface area contributed by atoms with Gasteiger partial charge >= 0.3 is 0 Å². The van der Waals surface area contributed by atoms with Crippen LogP contribution in [0.15, 0.2) is 18.2 Å². The Hall–Kier alpha value is -1.22. The van der Waals surface area contributed by atoms with Crippen molar-refractivity contribution in [2.75, 3.05) is 13.2 Å². The Bertz CT molecular complexity index is 474.